The van der Waals surface area contributed by atoms with Crippen LogP contribution in [0, 0.1) is 0 Å². The molecule has 0 amide bonds. The van der Waals surface area contributed by atoms with Gasteiger partial charge in [0.1, 0.15) is 5.76 Å². The first-order chi connectivity index (χ1) is 6.29. The van der Waals surface area contributed by atoms with E-state index in [0.717, 1.165) is 24.2 Å². The summed E-state index contributed by atoms with van der Waals surface area (Å²) in [7, 11) is 0. The van der Waals surface area contributed by atoms with Crippen molar-refractivity contribution < 1.29 is 9.21 Å². The minimum Gasteiger partial charge on any atom is -0.469 e. The lowest BCUT2D eigenvalue weighted by Gasteiger charge is -1.97. The third kappa shape index (κ3) is 2.31. The minimum absolute atomic E-state index is 0.144. The number of allylic oxidation sites excluding steroid dienone is 1. The summed E-state index contributed by atoms with van der Waals surface area (Å²) in [6.45, 7) is 5.56. The molecule has 0 saturated carbocycles. The van der Waals surface area contributed by atoms with E-state index in [1.807, 2.05) is 6.92 Å². The van der Waals surface area contributed by atoms with Gasteiger partial charge in [0.15, 0.2) is 5.78 Å². The molecule has 70 valence electrons. The lowest BCUT2D eigenvalue weighted by atomic mass is 10.1. The van der Waals surface area contributed by atoms with Crippen molar-refractivity contribution >= 4 is 5.78 Å². The summed E-state index contributed by atoms with van der Waals surface area (Å²) in [5.74, 6) is 0.930. The predicted octanol–water partition coefficient (Wildman–Crippen LogP) is 2.99. The number of rotatable bonds is 5. The molecule has 0 aliphatic rings. The highest BCUT2D eigenvalue weighted by Crippen LogP contribution is 2.14. The molecule has 2 heteroatoms. The third-order valence-electron chi connectivity index (χ3n) is 1.94. The number of furan rings is 1. The highest BCUT2D eigenvalue weighted by atomic mass is 16.3. The maximum atomic E-state index is 11.5. The number of carbonyl (C=O) groups excluding carboxylic acids is 1. The van der Waals surface area contributed by atoms with E-state index in [1.165, 1.54) is 0 Å². The minimum atomic E-state index is 0.144. The second-order valence-electron chi connectivity index (χ2n) is 2.86. The number of Topliss-reactive ketones (excluding diaryl/α,β-unsaturated/α-hetero) is 1. The highest BCUT2D eigenvalue weighted by Gasteiger charge is 2.11. The van der Waals surface area contributed by atoms with Gasteiger partial charge in [-0.2, -0.15) is 0 Å². The summed E-state index contributed by atoms with van der Waals surface area (Å²) >= 11 is 0. The van der Waals surface area contributed by atoms with Gasteiger partial charge in [0.2, 0.25) is 0 Å². The van der Waals surface area contributed by atoms with Gasteiger partial charge in [-0.05, 0) is 12.5 Å². The zero-order valence-electron chi connectivity index (χ0n) is 7.88. The van der Waals surface area contributed by atoms with Crippen molar-refractivity contribution in [1.82, 2.24) is 0 Å². The van der Waals surface area contributed by atoms with Crippen molar-refractivity contribution in [2.24, 2.45) is 0 Å². The van der Waals surface area contributed by atoms with Crippen molar-refractivity contribution in [2.45, 2.75) is 26.2 Å². The first-order valence-electron chi connectivity index (χ1n) is 4.50. The van der Waals surface area contributed by atoms with Crippen molar-refractivity contribution in [3.05, 3.63) is 36.3 Å². The van der Waals surface area contributed by atoms with Crippen molar-refractivity contribution in [2.75, 3.05) is 0 Å². The Kier molecular flexibility index (Phi) is 3.50. The topological polar surface area (TPSA) is 30.2 Å². The first kappa shape index (κ1) is 9.78. The molecular formula is C11H14O2. The zero-order valence-corrected chi connectivity index (χ0v) is 7.88. The highest BCUT2D eigenvalue weighted by molar-refractivity contribution is 5.97. The second-order valence-corrected chi connectivity index (χ2v) is 2.86. The number of aryl methyl sites for hydroxylation is 1. The normalized spacial score (nSPS) is 9.92. The maximum Gasteiger partial charge on any atom is 0.166 e. The molecule has 0 radical (unpaired) electrons. The van der Waals surface area contributed by atoms with E-state index in [9.17, 15) is 4.79 Å². The van der Waals surface area contributed by atoms with E-state index in [1.54, 1.807) is 18.4 Å². The maximum absolute atomic E-state index is 11.5. The van der Waals surface area contributed by atoms with Gasteiger partial charge < -0.3 is 4.42 Å². The molecule has 0 bridgehead atoms. The Labute approximate surface area is 78.3 Å². The molecule has 1 rings (SSSR count). The van der Waals surface area contributed by atoms with Crippen LogP contribution in [-0.4, -0.2) is 5.78 Å². The van der Waals surface area contributed by atoms with Crippen LogP contribution >= 0.6 is 0 Å². The van der Waals surface area contributed by atoms with Crippen LogP contribution in [0.15, 0.2) is 29.4 Å². The molecule has 1 aromatic rings. The molecule has 0 aliphatic heterocycles. The van der Waals surface area contributed by atoms with Gasteiger partial charge in [-0.3, -0.25) is 4.79 Å². The molecule has 0 N–H and O–H groups in total. The van der Waals surface area contributed by atoms with Crippen molar-refractivity contribution in [3.8, 4) is 0 Å². The Morgan fingerprint density at radius 2 is 2.46 bits per heavy atom. The molecule has 0 saturated heterocycles. The summed E-state index contributed by atoms with van der Waals surface area (Å²) < 4.78 is 5.17. The number of ketones is 1. The monoisotopic (exact) mass is 178 g/mol. The molecule has 13 heavy (non-hydrogen) atoms. The lowest BCUT2D eigenvalue weighted by Crippen LogP contribution is -1.99. The summed E-state index contributed by atoms with van der Waals surface area (Å²) in [6.07, 6.45) is 5.34. The van der Waals surface area contributed by atoms with Crippen LogP contribution in [0.1, 0.15) is 35.9 Å². The number of carbonyl (C=O) groups is 1. The average Bonchev–Trinajstić information content (AvgIpc) is 2.61. The average molecular weight is 178 g/mol. The van der Waals surface area contributed by atoms with Gasteiger partial charge >= 0.3 is 0 Å². The summed E-state index contributed by atoms with van der Waals surface area (Å²) in [5.41, 5.74) is 0.726. The Morgan fingerprint density at radius 1 is 1.69 bits per heavy atom. The number of hydrogen-bond donors (Lipinski definition) is 0. The fourth-order valence-corrected chi connectivity index (χ4v) is 1.23. The lowest BCUT2D eigenvalue weighted by molar-refractivity contribution is 0.0982. The SMILES string of the molecule is C=CCCC(=O)c1ccoc1CC. The third-order valence-corrected chi connectivity index (χ3v) is 1.94. The Morgan fingerprint density at radius 3 is 3.08 bits per heavy atom. The van der Waals surface area contributed by atoms with Gasteiger partial charge in [0, 0.05) is 12.8 Å². The van der Waals surface area contributed by atoms with E-state index in [-0.39, 0.29) is 5.78 Å². The van der Waals surface area contributed by atoms with Crippen molar-refractivity contribution in [3.63, 3.8) is 0 Å². The molecule has 0 spiro atoms. The molecule has 0 unspecified atom stereocenters. The van der Waals surface area contributed by atoms with Gasteiger partial charge in [-0.25, -0.2) is 0 Å². The molecular weight excluding hydrogens is 164 g/mol. The second kappa shape index (κ2) is 4.65. The first-order valence-corrected chi connectivity index (χ1v) is 4.50. The largest absolute Gasteiger partial charge is 0.469 e. The summed E-state index contributed by atoms with van der Waals surface area (Å²) in [5, 5.41) is 0. The predicted molar refractivity (Wildman–Crippen MR) is 51.8 cm³/mol. The van der Waals surface area contributed by atoms with Crippen LogP contribution in [0.3, 0.4) is 0 Å². The molecule has 0 atom stereocenters. The van der Waals surface area contributed by atoms with Gasteiger partial charge in [-0.15, -0.1) is 6.58 Å². The Bertz CT molecular complexity index is 297. The van der Waals surface area contributed by atoms with Gasteiger partial charge in [-0.1, -0.05) is 13.0 Å². The molecule has 1 heterocycles. The number of hydrogen-bond acceptors (Lipinski definition) is 2. The summed E-state index contributed by atoms with van der Waals surface area (Å²) in [4.78, 5) is 11.5. The quantitative estimate of drug-likeness (QED) is 0.512. The Balaban J connectivity index is 2.70. The molecule has 0 aliphatic carbocycles. The molecule has 0 fully saturated rings. The smallest absolute Gasteiger partial charge is 0.166 e. The zero-order chi connectivity index (χ0) is 9.68. The van der Waals surface area contributed by atoms with Crippen LogP contribution in [0.5, 0.6) is 0 Å². The van der Waals surface area contributed by atoms with Crippen LogP contribution < -0.4 is 0 Å². The van der Waals surface area contributed by atoms with Crippen LogP contribution in [-0.2, 0) is 6.42 Å². The molecule has 0 aromatic carbocycles. The molecule has 1 aromatic heterocycles. The standard InChI is InChI=1S/C11H14O2/c1-3-5-6-10(12)9-7-8-13-11(9)4-2/h3,7-8H,1,4-6H2,2H3. The van der Waals surface area contributed by atoms with Crippen LogP contribution in [0.25, 0.3) is 0 Å². The van der Waals surface area contributed by atoms with Gasteiger partial charge in [0.05, 0.1) is 11.8 Å². The van der Waals surface area contributed by atoms with E-state index < -0.39 is 0 Å². The van der Waals surface area contributed by atoms with Crippen LogP contribution in [0.4, 0.5) is 0 Å². The molecule has 2 nitrogen and oxygen atoms in total. The van der Waals surface area contributed by atoms with Crippen LogP contribution in [0.2, 0.25) is 0 Å². The fraction of sp³-hybridized carbons (Fsp3) is 0.364. The van der Waals surface area contributed by atoms with E-state index in [4.69, 9.17) is 4.42 Å². The van der Waals surface area contributed by atoms with E-state index >= 15 is 0 Å². The Hall–Kier alpha value is -1.31. The van der Waals surface area contributed by atoms with E-state index in [0.29, 0.717) is 6.42 Å². The van der Waals surface area contributed by atoms with E-state index in [2.05, 4.69) is 6.58 Å². The fourth-order valence-electron chi connectivity index (χ4n) is 1.23. The summed E-state index contributed by atoms with van der Waals surface area (Å²) in [6, 6.07) is 1.74. The van der Waals surface area contributed by atoms with Crippen molar-refractivity contribution in [1.29, 1.82) is 0 Å². The van der Waals surface area contributed by atoms with Gasteiger partial charge in [0.25, 0.3) is 0 Å².